The fraction of sp³-hybridized carbons (Fsp3) is 0.182. The summed E-state index contributed by atoms with van der Waals surface area (Å²) < 4.78 is 5.46. The Balaban J connectivity index is 2.72. The van der Waals surface area contributed by atoms with Gasteiger partial charge in [-0.15, -0.1) is 0 Å². The van der Waals surface area contributed by atoms with Crippen molar-refractivity contribution >= 4 is 22.3 Å². The highest BCUT2D eigenvalue weighted by Crippen LogP contribution is 2.30. The lowest BCUT2D eigenvalue weighted by atomic mass is 10.1. The molecule has 0 aliphatic heterocycles. The maximum absolute atomic E-state index is 5.86. The summed E-state index contributed by atoms with van der Waals surface area (Å²) in [5, 5.41) is 0.834. The second-order valence-electron chi connectivity index (χ2n) is 3.21. The maximum Gasteiger partial charge on any atom is 0.145 e. The number of para-hydroxylation sites is 1. The zero-order valence-electron chi connectivity index (χ0n) is 8.53. The van der Waals surface area contributed by atoms with E-state index in [1.54, 1.807) is 6.20 Å². The fourth-order valence-corrected chi connectivity index (χ4v) is 1.50. The number of aromatic nitrogens is 1. The highest BCUT2D eigenvalue weighted by molar-refractivity contribution is 5.98. The van der Waals surface area contributed by atoms with Crippen LogP contribution in [-0.2, 0) is 0 Å². The molecule has 4 N–H and O–H groups in total. The van der Waals surface area contributed by atoms with E-state index >= 15 is 0 Å². The Hall–Kier alpha value is -1.97. The number of pyridine rings is 1. The second-order valence-corrected chi connectivity index (χ2v) is 3.21. The van der Waals surface area contributed by atoms with E-state index in [0.717, 1.165) is 16.7 Å². The Labute approximate surface area is 87.9 Å². The number of hydrogen-bond acceptors (Lipinski definition) is 4. The molecule has 4 nitrogen and oxygen atoms in total. The first-order valence-electron chi connectivity index (χ1n) is 4.79. The van der Waals surface area contributed by atoms with Gasteiger partial charge in [-0.05, 0) is 13.0 Å². The summed E-state index contributed by atoms with van der Waals surface area (Å²) in [6.07, 6.45) is 1.56. The standard InChI is InChI=1S/C11H13N3O/c1-2-15-9-5-3-4-7-10(13)8(12)6-14-11(7)9/h3-6H,2,12H2,1H3,(H2,13,14). The van der Waals surface area contributed by atoms with Gasteiger partial charge in [-0.3, -0.25) is 4.98 Å². The molecule has 0 fully saturated rings. The van der Waals surface area contributed by atoms with Gasteiger partial charge in [0, 0.05) is 5.39 Å². The Morgan fingerprint density at radius 3 is 2.87 bits per heavy atom. The van der Waals surface area contributed by atoms with Gasteiger partial charge in [-0.2, -0.15) is 0 Å². The predicted octanol–water partition coefficient (Wildman–Crippen LogP) is 1.80. The molecular weight excluding hydrogens is 190 g/mol. The molecule has 0 atom stereocenters. The lowest BCUT2D eigenvalue weighted by Crippen LogP contribution is -1.99. The van der Waals surface area contributed by atoms with Crippen molar-refractivity contribution in [1.82, 2.24) is 4.98 Å². The van der Waals surface area contributed by atoms with Crippen LogP contribution in [0.5, 0.6) is 5.75 Å². The lowest BCUT2D eigenvalue weighted by molar-refractivity contribution is 0.343. The summed E-state index contributed by atoms with van der Waals surface area (Å²) in [4.78, 5) is 4.23. The third-order valence-electron chi connectivity index (χ3n) is 2.23. The van der Waals surface area contributed by atoms with Crippen molar-refractivity contribution in [1.29, 1.82) is 0 Å². The quantitative estimate of drug-likeness (QED) is 0.780. The van der Waals surface area contributed by atoms with Gasteiger partial charge in [0.25, 0.3) is 0 Å². The van der Waals surface area contributed by atoms with Gasteiger partial charge in [0.1, 0.15) is 11.3 Å². The average molecular weight is 203 g/mol. The minimum absolute atomic E-state index is 0.496. The van der Waals surface area contributed by atoms with Crippen molar-refractivity contribution < 1.29 is 4.74 Å². The molecular formula is C11H13N3O. The molecule has 1 aromatic carbocycles. The van der Waals surface area contributed by atoms with Gasteiger partial charge in [0.2, 0.25) is 0 Å². The van der Waals surface area contributed by atoms with Crippen molar-refractivity contribution in [3.05, 3.63) is 24.4 Å². The van der Waals surface area contributed by atoms with Crippen LogP contribution in [0, 0.1) is 0 Å². The number of anilines is 2. The molecule has 15 heavy (non-hydrogen) atoms. The minimum atomic E-state index is 0.496. The van der Waals surface area contributed by atoms with Crippen molar-refractivity contribution in [2.45, 2.75) is 6.92 Å². The van der Waals surface area contributed by atoms with Crippen molar-refractivity contribution in [3.8, 4) is 5.75 Å². The molecule has 0 aliphatic rings. The van der Waals surface area contributed by atoms with E-state index in [1.165, 1.54) is 0 Å². The maximum atomic E-state index is 5.86. The molecule has 0 bridgehead atoms. The number of rotatable bonds is 2. The van der Waals surface area contributed by atoms with E-state index in [-0.39, 0.29) is 0 Å². The molecule has 1 aromatic heterocycles. The Morgan fingerprint density at radius 2 is 2.13 bits per heavy atom. The third-order valence-corrected chi connectivity index (χ3v) is 2.23. The zero-order chi connectivity index (χ0) is 10.8. The van der Waals surface area contributed by atoms with Crippen molar-refractivity contribution in [2.24, 2.45) is 0 Å². The molecule has 0 saturated heterocycles. The van der Waals surface area contributed by atoms with Crippen LogP contribution in [0.3, 0.4) is 0 Å². The topological polar surface area (TPSA) is 74.2 Å². The van der Waals surface area contributed by atoms with Gasteiger partial charge in [-0.1, -0.05) is 12.1 Å². The molecule has 2 aromatic rings. The first kappa shape index (κ1) is 9.58. The lowest BCUT2D eigenvalue weighted by Gasteiger charge is -2.09. The summed E-state index contributed by atoms with van der Waals surface area (Å²) >= 11 is 0. The first-order valence-corrected chi connectivity index (χ1v) is 4.79. The van der Waals surface area contributed by atoms with Gasteiger partial charge < -0.3 is 16.2 Å². The van der Waals surface area contributed by atoms with E-state index < -0.39 is 0 Å². The monoisotopic (exact) mass is 203 g/mol. The van der Waals surface area contributed by atoms with E-state index in [0.29, 0.717) is 18.0 Å². The first-order chi connectivity index (χ1) is 7.24. The van der Waals surface area contributed by atoms with Gasteiger partial charge >= 0.3 is 0 Å². The second kappa shape index (κ2) is 3.65. The summed E-state index contributed by atoms with van der Waals surface area (Å²) in [5.41, 5.74) is 13.4. The molecule has 0 saturated carbocycles. The van der Waals surface area contributed by atoms with Crippen LogP contribution in [-0.4, -0.2) is 11.6 Å². The molecule has 1 heterocycles. The zero-order valence-corrected chi connectivity index (χ0v) is 8.53. The Bertz CT molecular complexity index is 496. The number of nitrogens with two attached hydrogens (primary N) is 2. The number of fused-ring (bicyclic) bond motifs is 1. The molecule has 0 radical (unpaired) electrons. The molecule has 0 amide bonds. The predicted molar refractivity (Wildman–Crippen MR) is 61.7 cm³/mol. The number of benzene rings is 1. The number of nitrogens with zero attached hydrogens (tertiary/aromatic N) is 1. The summed E-state index contributed by atoms with van der Waals surface area (Å²) in [7, 11) is 0. The average Bonchev–Trinajstić information content (AvgIpc) is 2.25. The van der Waals surface area contributed by atoms with Crippen LogP contribution in [0.4, 0.5) is 11.4 Å². The molecule has 78 valence electrons. The normalized spacial score (nSPS) is 10.5. The molecule has 0 aliphatic carbocycles. The Morgan fingerprint density at radius 1 is 1.33 bits per heavy atom. The van der Waals surface area contributed by atoms with Crippen LogP contribution < -0.4 is 16.2 Å². The number of ether oxygens (including phenoxy) is 1. The summed E-state index contributed by atoms with van der Waals surface area (Å²) in [6.45, 7) is 2.53. The van der Waals surface area contributed by atoms with E-state index in [4.69, 9.17) is 16.2 Å². The van der Waals surface area contributed by atoms with Crippen molar-refractivity contribution in [3.63, 3.8) is 0 Å². The third kappa shape index (κ3) is 1.54. The highest BCUT2D eigenvalue weighted by atomic mass is 16.5. The SMILES string of the molecule is CCOc1cccc2c(N)c(N)cnc12. The van der Waals surface area contributed by atoms with Crippen LogP contribution in [0.25, 0.3) is 10.9 Å². The largest absolute Gasteiger partial charge is 0.492 e. The van der Waals surface area contributed by atoms with Gasteiger partial charge in [0.05, 0.1) is 24.2 Å². The van der Waals surface area contributed by atoms with Crippen LogP contribution in [0.1, 0.15) is 6.92 Å². The fourth-order valence-electron chi connectivity index (χ4n) is 1.50. The number of nitrogen functional groups attached to an aromatic ring is 2. The smallest absolute Gasteiger partial charge is 0.145 e. The van der Waals surface area contributed by atoms with Crippen LogP contribution >= 0.6 is 0 Å². The van der Waals surface area contributed by atoms with Crippen LogP contribution in [0.15, 0.2) is 24.4 Å². The van der Waals surface area contributed by atoms with Gasteiger partial charge in [-0.25, -0.2) is 0 Å². The molecule has 0 unspecified atom stereocenters. The molecule has 2 rings (SSSR count). The van der Waals surface area contributed by atoms with Crippen molar-refractivity contribution in [2.75, 3.05) is 18.1 Å². The van der Waals surface area contributed by atoms with E-state index in [2.05, 4.69) is 4.98 Å². The molecule has 0 spiro atoms. The van der Waals surface area contributed by atoms with Crippen LogP contribution in [0.2, 0.25) is 0 Å². The highest BCUT2D eigenvalue weighted by Gasteiger charge is 2.07. The minimum Gasteiger partial charge on any atom is -0.492 e. The van der Waals surface area contributed by atoms with E-state index in [9.17, 15) is 0 Å². The summed E-state index contributed by atoms with van der Waals surface area (Å²) in [6, 6.07) is 5.63. The number of hydrogen-bond donors (Lipinski definition) is 2. The van der Waals surface area contributed by atoms with E-state index in [1.807, 2.05) is 25.1 Å². The van der Waals surface area contributed by atoms with Gasteiger partial charge in [0.15, 0.2) is 0 Å². The molecule has 4 heteroatoms. The Kier molecular flexibility index (Phi) is 2.33. The summed E-state index contributed by atoms with van der Waals surface area (Å²) in [5.74, 6) is 0.738.